The van der Waals surface area contributed by atoms with Crippen LogP contribution in [0.4, 0.5) is 0 Å². The monoisotopic (exact) mass is 245 g/mol. The Hall–Kier alpha value is -1.68. The lowest BCUT2D eigenvalue weighted by Crippen LogP contribution is -2.26. The lowest BCUT2D eigenvalue weighted by Gasteiger charge is -2.18. The highest BCUT2D eigenvalue weighted by Gasteiger charge is 2.08. The van der Waals surface area contributed by atoms with E-state index in [-0.39, 0.29) is 0 Å². The van der Waals surface area contributed by atoms with Gasteiger partial charge in [-0.3, -0.25) is 5.41 Å². The summed E-state index contributed by atoms with van der Waals surface area (Å²) in [5.74, 6) is 0.524. The Morgan fingerprint density at radius 3 is 2.65 bits per heavy atom. The van der Waals surface area contributed by atoms with Crippen LogP contribution in [0.15, 0.2) is 35.7 Å². The molecule has 0 unspecified atom stereocenters. The number of nitrogens with one attached hydrogen (secondary N) is 1. The standard InChI is InChI=1S/C13H15N3S/c1-10-15-12(9-17-10)8-16(2)13(14)11-6-4-3-5-7-11/h3-7,9,14H,8H2,1-2H3. The Kier molecular flexibility index (Phi) is 3.54. The number of nitrogens with zero attached hydrogens (tertiary/aromatic N) is 2. The van der Waals surface area contributed by atoms with Crippen LogP contribution in [0.3, 0.4) is 0 Å². The second kappa shape index (κ2) is 5.10. The third-order valence-electron chi connectivity index (χ3n) is 2.49. The molecule has 88 valence electrons. The molecule has 0 aliphatic carbocycles. The van der Waals surface area contributed by atoms with Crippen molar-refractivity contribution in [2.45, 2.75) is 13.5 Å². The van der Waals surface area contributed by atoms with Crippen LogP contribution in [0, 0.1) is 12.3 Å². The second-order valence-electron chi connectivity index (χ2n) is 3.93. The Morgan fingerprint density at radius 1 is 1.35 bits per heavy atom. The van der Waals surface area contributed by atoms with E-state index in [0.717, 1.165) is 16.3 Å². The van der Waals surface area contributed by atoms with Gasteiger partial charge in [-0.15, -0.1) is 11.3 Å². The molecule has 1 N–H and O–H groups in total. The maximum absolute atomic E-state index is 8.09. The summed E-state index contributed by atoms with van der Waals surface area (Å²) in [6.45, 7) is 2.68. The van der Waals surface area contributed by atoms with Crippen LogP contribution in [0.5, 0.6) is 0 Å². The summed E-state index contributed by atoms with van der Waals surface area (Å²) in [5, 5.41) is 11.2. The van der Waals surface area contributed by atoms with E-state index >= 15 is 0 Å². The van der Waals surface area contributed by atoms with Crippen molar-refractivity contribution < 1.29 is 0 Å². The first kappa shape index (κ1) is 11.8. The van der Waals surface area contributed by atoms with Gasteiger partial charge in [-0.2, -0.15) is 0 Å². The van der Waals surface area contributed by atoms with Crippen LogP contribution in [0.2, 0.25) is 0 Å². The van der Waals surface area contributed by atoms with Crippen LogP contribution < -0.4 is 0 Å². The molecule has 0 radical (unpaired) electrons. The minimum atomic E-state index is 0.524. The summed E-state index contributed by atoms with van der Waals surface area (Å²) >= 11 is 1.65. The Labute approximate surface area is 105 Å². The molecule has 0 atom stereocenters. The van der Waals surface area contributed by atoms with Gasteiger partial charge in [0.15, 0.2) is 0 Å². The average molecular weight is 245 g/mol. The van der Waals surface area contributed by atoms with E-state index in [1.54, 1.807) is 11.3 Å². The van der Waals surface area contributed by atoms with E-state index in [0.29, 0.717) is 12.4 Å². The molecule has 0 bridgehead atoms. The molecule has 0 saturated carbocycles. The Balaban J connectivity index is 2.06. The minimum absolute atomic E-state index is 0.524. The first-order chi connectivity index (χ1) is 8.16. The van der Waals surface area contributed by atoms with Gasteiger partial charge >= 0.3 is 0 Å². The van der Waals surface area contributed by atoms with Crippen LogP contribution in [-0.2, 0) is 6.54 Å². The number of hydrogen-bond donors (Lipinski definition) is 1. The zero-order valence-corrected chi connectivity index (χ0v) is 10.8. The third kappa shape index (κ3) is 2.91. The van der Waals surface area contributed by atoms with Crippen molar-refractivity contribution in [3.05, 3.63) is 52.0 Å². The molecule has 17 heavy (non-hydrogen) atoms. The fourth-order valence-corrected chi connectivity index (χ4v) is 2.22. The normalized spacial score (nSPS) is 10.2. The van der Waals surface area contributed by atoms with Gasteiger partial charge in [0.1, 0.15) is 5.84 Å². The van der Waals surface area contributed by atoms with Gasteiger partial charge < -0.3 is 4.90 Å². The minimum Gasteiger partial charge on any atom is -0.354 e. The molecular formula is C13H15N3S. The lowest BCUT2D eigenvalue weighted by atomic mass is 10.2. The third-order valence-corrected chi connectivity index (χ3v) is 3.32. The topological polar surface area (TPSA) is 40.0 Å². The van der Waals surface area contributed by atoms with Gasteiger partial charge in [-0.05, 0) is 6.92 Å². The molecule has 0 aliphatic heterocycles. The summed E-state index contributed by atoms with van der Waals surface area (Å²) in [5.41, 5.74) is 1.96. The van der Waals surface area contributed by atoms with E-state index in [1.165, 1.54) is 0 Å². The van der Waals surface area contributed by atoms with Gasteiger partial charge in [0.05, 0.1) is 17.2 Å². The molecule has 1 heterocycles. The number of benzene rings is 1. The molecular weight excluding hydrogens is 230 g/mol. The first-order valence-electron chi connectivity index (χ1n) is 5.43. The predicted octanol–water partition coefficient (Wildman–Crippen LogP) is 2.91. The van der Waals surface area contributed by atoms with Crippen molar-refractivity contribution in [3.63, 3.8) is 0 Å². The Morgan fingerprint density at radius 2 is 2.06 bits per heavy atom. The zero-order chi connectivity index (χ0) is 12.3. The summed E-state index contributed by atoms with van der Waals surface area (Å²) in [7, 11) is 1.92. The highest BCUT2D eigenvalue weighted by molar-refractivity contribution is 7.09. The zero-order valence-electron chi connectivity index (χ0n) is 9.97. The van der Waals surface area contributed by atoms with Crippen molar-refractivity contribution in [1.29, 1.82) is 5.41 Å². The van der Waals surface area contributed by atoms with Gasteiger partial charge in [0.2, 0.25) is 0 Å². The largest absolute Gasteiger partial charge is 0.354 e. The number of amidine groups is 1. The summed E-state index contributed by atoms with van der Waals surface area (Å²) < 4.78 is 0. The molecule has 1 aromatic heterocycles. The first-order valence-corrected chi connectivity index (χ1v) is 6.31. The predicted molar refractivity (Wildman–Crippen MR) is 71.6 cm³/mol. The number of aromatic nitrogens is 1. The van der Waals surface area contributed by atoms with Crippen LogP contribution in [0.1, 0.15) is 16.3 Å². The maximum atomic E-state index is 8.09. The van der Waals surface area contributed by atoms with Gasteiger partial charge in [0, 0.05) is 18.0 Å². The van der Waals surface area contributed by atoms with E-state index in [9.17, 15) is 0 Å². The molecule has 4 heteroatoms. The van der Waals surface area contributed by atoms with E-state index < -0.39 is 0 Å². The van der Waals surface area contributed by atoms with Crippen molar-refractivity contribution in [1.82, 2.24) is 9.88 Å². The van der Waals surface area contributed by atoms with Crippen molar-refractivity contribution >= 4 is 17.2 Å². The molecule has 3 nitrogen and oxygen atoms in total. The van der Waals surface area contributed by atoms with Crippen LogP contribution in [-0.4, -0.2) is 22.8 Å². The Bertz CT molecular complexity index is 504. The van der Waals surface area contributed by atoms with E-state index in [1.807, 2.05) is 54.6 Å². The highest BCUT2D eigenvalue weighted by atomic mass is 32.1. The molecule has 0 saturated heterocycles. The molecule has 0 fully saturated rings. The number of hydrogen-bond acceptors (Lipinski definition) is 3. The summed E-state index contributed by atoms with van der Waals surface area (Å²) in [6, 6.07) is 9.76. The van der Waals surface area contributed by atoms with Crippen molar-refractivity contribution in [3.8, 4) is 0 Å². The fourth-order valence-electron chi connectivity index (χ4n) is 1.62. The SMILES string of the molecule is Cc1nc(CN(C)C(=N)c2ccccc2)cs1. The lowest BCUT2D eigenvalue weighted by molar-refractivity contribution is 0.491. The molecule has 0 amide bonds. The molecule has 1 aromatic carbocycles. The highest BCUT2D eigenvalue weighted by Crippen LogP contribution is 2.11. The fraction of sp³-hybridized carbons (Fsp3) is 0.231. The van der Waals surface area contributed by atoms with Gasteiger partial charge in [-0.1, -0.05) is 30.3 Å². The smallest absolute Gasteiger partial charge is 0.128 e. The van der Waals surface area contributed by atoms with Crippen LogP contribution >= 0.6 is 11.3 Å². The molecule has 2 rings (SSSR count). The number of rotatable bonds is 3. The quantitative estimate of drug-likeness (QED) is 0.667. The summed E-state index contributed by atoms with van der Waals surface area (Å²) in [6.07, 6.45) is 0. The van der Waals surface area contributed by atoms with Gasteiger partial charge in [0.25, 0.3) is 0 Å². The number of thiazole rings is 1. The molecule has 0 aliphatic rings. The molecule has 2 aromatic rings. The number of aryl methyl sites for hydroxylation is 1. The molecule has 0 spiro atoms. The summed E-state index contributed by atoms with van der Waals surface area (Å²) in [4.78, 5) is 6.31. The maximum Gasteiger partial charge on any atom is 0.128 e. The van der Waals surface area contributed by atoms with Crippen molar-refractivity contribution in [2.75, 3.05) is 7.05 Å². The van der Waals surface area contributed by atoms with E-state index in [4.69, 9.17) is 5.41 Å². The second-order valence-corrected chi connectivity index (χ2v) is 4.99. The average Bonchev–Trinajstić information content (AvgIpc) is 2.75. The van der Waals surface area contributed by atoms with Gasteiger partial charge in [-0.25, -0.2) is 4.98 Å². The van der Waals surface area contributed by atoms with Crippen molar-refractivity contribution in [2.24, 2.45) is 0 Å². The van der Waals surface area contributed by atoms with E-state index in [2.05, 4.69) is 4.98 Å². The van der Waals surface area contributed by atoms with Crippen LogP contribution in [0.25, 0.3) is 0 Å².